The van der Waals surface area contributed by atoms with Gasteiger partial charge in [-0.25, -0.2) is 0 Å². The molecule has 2 aromatic carbocycles. The largest absolute Gasteiger partial charge is 0.480 e. The third-order valence-corrected chi connectivity index (χ3v) is 3.02. The van der Waals surface area contributed by atoms with Crippen molar-refractivity contribution in [1.29, 1.82) is 0 Å². The highest BCUT2D eigenvalue weighted by Gasteiger charge is 2.12. The van der Waals surface area contributed by atoms with Crippen LogP contribution < -0.4 is 11.1 Å². The van der Waals surface area contributed by atoms with Gasteiger partial charge in [-0.2, -0.15) is 0 Å². The number of aliphatic carboxylic acids is 1. The Morgan fingerprint density at radius 3 is 2.24 bits per heavy atom. The molecule has 1 amide bonds. The molecular weight excluding hydrogens is 268 g/mol. The first-order valence-electron chi connectivity index (χ1n) is 6.50. The lowest BCUT2D eigenvalue weighted by molar-refractivity contribution is -0.138. The number of anilines is 1. The predicted molar refractivity (Wildman–Crippen MR) is 80.2 cm³/mol. The zero-order chi connectivity index (χ0) is 15.2. The normalized spacial score (nSPS) is 11.7. The second-order valence-corrected chi connectivity index (χ2v) is 4.67. The van der Waals surface area contributed by atoms with E-state index in [1.807, 2.05) is 6.07 Å². The first-order chi connectivity index (χ1) is 10.1. The van der Waals surface area contributed by atoms with Crippen LogP contribution in [0.25, 0.3) is 0 Å². The molecule has 4 N–H and O–H groups in total. The van der Waals surface area contributed by atoms with Crippen molar-refractivity contribution >= 4 is 17.6 Å². The number of nitrogens with one attached hydrogen (secondary N) is 1. The van der Waals surface area contributed by atoms with Crippen molar-refractivity contribution in [1.82, 2.24) is 0 Å². The Morgan fingerprint density at radius 2 is 1.67 bits per heavy atom. The standard InChI is InChI=1S/C16H16N2O3/c17-14(16(20)21)10-11-6-8-13(9-7-11)18-15(19)12-4-2-1-3-5-12/h1-9,14H,10,17H2,(H,18,19)(H,20,21)/t14-/m0/s1. The highest BCUT2D eigenvalue weighted by Crippen LogP contribution is 2.12. The molecule has 108 valence electrons. The Balaban J connectivity index is 2.00. The third-order valence-electron chi connectivity index (χ3n) is 3.02. The van der Waals surface area contributed by atoms with Gasteiger partial charge in [0.05, 0.1) is 0 Å². The van der Waals surface area contributed by atoms with Crippen molar-refractivity contribution in [3.63, 3.8) is 0 Å². The van der Waals surface area contributed by atoms with Crippen LogP contribution in [-0.2, 0) is 11.2 Å². The topological polar surface area (TPSA) is 92.4 Å². The van der Waals surface area contributed by atoms with Crippen molar-refractivity contribution < 1.29 is 14.7 Å². The summed E-state index contributed by atoms with van der Waals surface area (Å²) in [5, 5.41) is 11.5. The quantitative estimate of drug-likeness (QED) is 0.781. The van der Waals surface area contributed by atoms with E-state index in [0.717, 1.165) is 5.56 Å². The average molecular weight is 284 g/mol. The van der Waals surface area contributed by atoms with Crippen LogP contribution in [0.4, 0.5) is 5.69 Å². The van der Waals surface area contributed by atoms with Gasteiger partial charge in [0.25, 0.3) is 5.91 Å². The maximum absolute atomic E-state index is 12.0. The average Bonchev–Trinajstić information content (AvgIpc) is 2.50. The molecular formula is C16H16N2O3. The highest BCUT2D eigenvalue weighted by atomic mass is 16.4. The minimum Gasteiger partial charge on any atom is -0.480 e. The number of rotatable bonds is 5. The number of benzene rings is 2. The summed E-state index contributed by atoms with van der Waals surface area (Å²) in [6.07, 6.45) is 0.252. The summed E-state index contributed by atoms with van der Waals surface area (Å²) >= 11 is 0. The monoisotopic (exact) mass is 284 g/mol. The zero-order valence-corrected chi connectivity index (χ0v) is 11.3. The number of hydrogen-bond acceptors (Lipinski definition) is 3. The van der Waals surface area contributed by atoms with Crippen LogP contribution in [0.5, 0.6) is 0 Å². The fraction of sp³-hybridized carbons (Fsp3) is 0.125. The molecule has 5 nitrogen and oxygen atoms in total. The summed E-state index contributed by atoms with van der Waals surface area (Å²) in [6.45, 7) is 0. The number of amides is 1. The van der Waals surface area contributed by atoms with E-state index in [9.17, 15) is 9.59 Å². The Bertz CT molecular complexity index is 624. The van der Waals surface area contributed by atoms with E-state index >= 15 is 0 Å². The van der Waals surface area contributed by atoms with Gasteiger partial charge in [-0.15, -0.1) is 0 Å². The van der Waals surface area contributed by atoms with Crippen LogP contribution in [-0.4, -0.2) is 23.0 Å². The van der Waals surface area contributed by atoms with Crippen molar-refractivity contribution in [2.45, 2.75) is 12.5 Å². The summed E-state index contributed by atoms with van der Waals surface area (Å²) in [7, 11) is 0. The van der Waals surface area contributed by atoms with Gasteiger partial charge in [0, 0.05) is 11.3 Å². The SMILES string of the molecule is N[C@@H](Cc1ccc(NC(=O)c2ccccc2)cc1)C(=O)O. The summed E-state index contributed by atoms with van der Waals surface area (Å²) in [5.41, 5.74) is 7.51. The summed E-state index contributed by atoms with van der Waals surface area (Å²) in [5.74, 6) is -1.22. The summed E-state index contributed by atoms with van der Waals surface area (Å²) < 4.78 is 0. The fourth-order valence-electron chi connectivity index (χ4n) is 1.86. The smallest absolute Gasteiger partial charge is 0.320 e. The van der Waals surface area contributed by atoms with Gasteiger partial charge in [0.15, 0.2) is 0 Å². The van der Waals surface area contributed by atoms with Crippen LogP contribution in [0.2, 0.25) is 0 Å². The van der Waals surface area contributed by atoms with Gasteiger partial charge in [-0.3, -0.25) is 9.59 Å². The minimum absolute atomic E-state index is 0.189. The van der Waals surface area contributed by atoms with Crippen molar-refractivity contribution in [3.05, 3.63) is 65.7 Å². The predicted octanol–water partition coefficient (Wildman–Crippen LogP) is 1.89. The molecule has 5 heteroatoms. The molecule has 0 spiro atoms. The van der Waals surface area contributed by atoms with Gasteiger partial charge < -0.3 is 16.2 Å². The van der Waals surface area contributed by atoms with E-state index in [-0.39, 0.29) is 12.3 Å². The van der Waals surface area contributed by atoms with Gasteiger partial charge in [-0.05, 0) is 36.2 Å². The Hall–Kier alpha value is -2.66. The third kappa shape index (κ3) is 4.15. The lowest BCUT2D eigenvalue weighted by Crippen LogP contribution is -2.32. The minimum atomic E-state index is -1.03. The molecule has 0 fully saturated rings. The molecule has 0 saturated heterocycles. The molecule has 0 unspecified atom stereocenters. The zero-order valence-electron chi connectivity index (χ0n) is 11.3. The molecule has 21 heavy (non-hydrogen) atoms. The molecule has 0 bridgehead atoms. The van der Waals surface area contributed by atoms with Gasteiger partial charge >= 0.3 is 5.97 Å². The number of carbonyl (C=O) groups excluding carboxylic acids is 1. The second kappa shape index (κ2) is 6.67. The summed E-state index contributed by atoms with van der Waals surface area (Å²) in [4.78, 5) is 22.6. The molecule has 0 aliphatic rings. The van der Waals surface area contributed by atoms with Crippen LogP contribution in [0.3, 0.4) is 0 Å². The molecule has 0 saturated carbocycles. The Labute approximate surface area is 122 Å². The highest BCUT2D eigenvalue weighted by molar-refractivity contribution is 6.04. The number of nitrogens with two attached hydrogens (primary N) is 1. The lowest BCUT2D eigenvalue weighted by Gasteiger charge is -2.08. The number of carboxylic acids is 1. The van der Waals surface area contributed by atoms with E-state index in [1.165, 1.54) is 0 Å². The molecule has 0 radical (unpaired) electrons. The van der Waals surface area contributed by atoms with Crippen molar-refractivity contribution in [2.24, 2.45) is 5.73 Å². The number of carboxylic acid groups (broad SMARTS) is 1. The maximum atomic E-state index is 12.0. The van der Waals surface area contributed by atoms with Crippen molar-refractivity contribution in [3.8, 4) is 0 Å². The van der Waals surface area contributed by atoms with Gasteiger partial charge in [0.1, 0.15) is 6.04 Å². The Kier molecular flexibility index (Phi) is 4.68. The van der Waals surface area contributed by atoms with E-state index < -0.39 is 12.0 Å². The van der Waals surface area contributed by atoms with Crippen LogP contribution in [0.1, 0.15) is 15.9 Å². The lowest BCUT2D eigenvalue weighted by atomic mass is 10.1. The summed E-state index contributed by atoms with van der Waals surface area (Å²) in [6, 6.07) is 14.9. The van der Waals surface area contributed by atoms with E-state index in [1.54, 1.807) is 48.5 Å². The van der Waals surface area contributed by atoms with Crippen LogP contribution in [0, 0.1) is 0 Å². The molecule has 0 aliphatic carbocycles. The Morgan fingerprint density at radius 1 is 1.05 bits per heavy atom. The van der Waals surface area contributed by atoms with E-state index in [4.69, 9.17) is 10.8 Å². The van der Waals surface area contributed by atoms with E-state index in [0.29, 0.717) is 11.3 Å². The first-order valence-corrected chi connectivity index (χ1v) is 6.50. The fourth-order valence-corrected chi connectivity index (χ4v) is 1.86. The van der Waals surface area contributed by atoms with Crippen LogP contribution >= 0.6 is 0 Å². The van der Waals surface area contributed by atoms with Gasteiger partial charge in [0.2, 0.25) is 0 Å². The maximum Gasteiger partial charge on any atom is 0.320 e. The second-order valence-electron chi connectivity index (χ2n) is 4.67. The molecule has 1 atom stereocenters. The molecule has 2 aromatic rings. The number of carbonyl (C=O) groups is 2. The van der Waals surface area contributed by atoms with E-state index in [2.05, 4.69) is 5.32 Å². The molecule has 2 rings (SSSR count). The molecule has 0 aromatic heterocycles. The van der Waals surface area contributed by atoms with Crippen molar-refractivity contribution in [2.75, 3.05) is 5.32 Å². The number of hydrogen-bond donors (Lipinski definition) is 3. The van der Waals surface area contributed by atoms with Crippen LogP contribution in [0.15, 0.2) is 54.6 Å². The molecule has 0 heterocycles. The molecule has 0 aliphatic heterocycles. The first kappa shape index (κ1) is 14.7. The van der Waals surface area contributed by atoms with Gasteiger partial charge in [-0.1, -0.05) is 30.3 Å².